The molecule has 7 nitrogen and oxygen atoms in total. The van der Waals surface area contributed by atoms with E-state index in [4.69, 9.17) is 10.5 Å². The van der Waals surface area contributed by atoms with Crippen molar-refractivity contribution in [2.45, 2.75) is 32.7 Å². The molecule has 1 aromatic carbocycles. The number of carbonyl (C=O) groups is 2. The maximum Gasteiger partial charge on any atom is 0.338 e. The lowest BCUT2D eigenvalue weighted by Gasteiger charge is -2.16. The number of fused-ring (bicyclic) bond motifs is 1. The van der Waals surface area contributed by atoms with E-state index in [1.165, 1.54) is 19.2 Å². The van der Waals surface area contributed by atoms with Crippen LogP contribution in [-0.2, 0) is 4.79 Å². The zero-order valence-corrected chi connectivity index (χ0v) is 19.2. The zero-order chi connectivity index (χ0) is 25.4. The highest BCUT2D eigenvalue weighted by Crippen LogP contribution is 2.36. The molecule has 1 unspecified atom stereocenters. The van der Waals surface area contributed by atoms with Gasteiger partial charge in [0.05, 0.1) is 34.3 Å². The number of carboxylic acids is 1. The number of nitrogens with one attached hydrogen (secondary N) is 1. The average molecular weight is 476 g/mol. The number of rotatable bonds is 7. The molecule has 0 aliphatic carbocycles. The van der Waals surface area contributed by atoms with Gasteiger partial charge in [0.1, 0.15) is 5.78 Å². The van der Waals surface area contributed by atoms with Crippen LogP contribution < -0.4 is 0 Å². The Hall–Kier alpha value is -4.27. The number of hydrogen-bond donors (Lipinski definition) is 2. The van der Waals surface area contributed by atoms with Crippen molar-refractivity contribution in [1.82, 2.24) is 14.5 Å². The summed E-state index contributed by atoms with van der Waals surface area (Å²) in [5, 5.41) is 17.2. The number of pyridine rings is 2. The fourth-order valence-corrected chi connectivity index (χ4v) is 4.30. The first-order chi connectivity index (χ1) is 16.6. The van der Waals surface area contributed by atoms with Crippen LogP contribution in [0.15, 0.2) is 55.0 Å². The van der Waals surface area contributed by atoms with E-state index in [0.29, 0.717) is 22.3 Å². The molecule has 178 valence electrons. The van der Waals surface area contributed by atoms with Crippen LogP contribution in [0.4, 0.5) is 8.78 Å². The highest BCUT2D eigenvalue weighted by atomic mass is 19.2. The summed E-state index contributed by atoms with van der Waals surface area (Å²) in [6.07, 6.45) is 4.71. The normalized spacial score (nSPS) is 12.9. The molecule has 2 N–H and O–H groups in total. The van der Waals surface area contributed by atoms with Gasteiger partial charge in [-0.1, -0.05) is 12.1 Å². The van der Waals surface area contributed by atoms with E-state index in [1.54, 1.807) is 36.0 Å². The van der Waals surface area contributed by atoms with Crippen LogP contribution in [0.5, 0.6) is 0 Å². The lowest BCUT2D eigenvalue weighted by Crippen LogP contribution is -2.17. The number of aromatic nitrogens is 3. The molecule has 0 aliphatic heterocycles. The second kappa shape index (κ2) is 9.17. The molecule has 4 rings (SSSR count). The van der Waals surface area contributed by atoms with Crippen LogP contribution >= 0.6 is 0 Å². The summed E-state index contributed by atoms with van der Waals surface area (Å²) in [6.45, 7) is 4.82. The number of Topliss-reactive ketones (excluding diaryl/α,β-unsaturated/α-hetero) is 1. The van der Waals surface area contributed by atoms with Gasteiger partial charge in [0.25, 0.3) is 0 Å². The van der Waals surface area contributed by atoms with Crippen LogP contribution in [0, 0.1) is 17.0 Å². The van der Waals surface area contributed by atoms with E-state index in [-0.39, 0.29) is 28.7 Å². The molecule has 3 aromatic heterocycles. The topological polar surface area (TPSA) is 109 Å². The van der Waals surface area contributed by atoms with Crippen LogP contribution in [0.1, 0.15) is 54.3 Å². The van der Waals surface area contributed by atoms with Crippen molar-refractivity contribution < 1.29 is 23.5 Å². The first kappa shape index (κ1) is 23.9. The Kier molecular flexibility index (Phi) is 6.26. The van der Waals surface area contributed by atoms with E-state index < -0.39 is 29.1 Å². The lowest BCUT2D eigenvalue weighted by molar-refractivity contribution is -0.117. The van der Waals surface area contributed by atoms with Gasteiger partial charge >= 0.3 is 5.97 Å². The quantitative estimate of drug-likeness (QED) is 0.347. The minimum atomic E-state index is -1.57. The fraction of sp³-hybridized carbons (Fsp3) is 0.192. The Labute approximate surface area is 199 Å². The van der Waals surface area contributed by atoms with Crippen molar-refractivity contribution in [3.63, 3.8) is 0 Å². The van der Waals surface area contributed by atoms with Crippen molar-refractivity contribution in [2.24, 2.45) is 0 Å². The Morgan fingerprint density at radius 3 is 2.40 bits per heavy atom. The smallest absolute Gasteiger partial charge is 0.338 e. The van der Waals surface area contributed by atoms with Gasteiger partial charge in [-0.15, -0.1) is 0 Å². The third-order valence-corrected chi connectivity index (χ3v) is 6.00. The third kappa shape index (κ3) is 4.21. The molecule has 0 fully saturated rings. The molecule has 0 spiro atoms. The van der Waals surface area contributed by atoms with Gasteiger partial charge in [0.2, 0.25) is 0 Å². The molecular weight excluding hydrogens is 454 g/mol. The monoisotopic (exact) mass is 476 g/mol. The minimum absolute atomic E-state index is 0.143. The summed E-state index contributed by atoms with van der Waals surface area (Å²) in [4.78, 5) is 32.3. The predicted molar refractivity (Wildman–Crippen MR) is 127 cm³/mol. The first-order valence-electron chi connectivity index (χ1n) is 10.8. The zero-order valence-electron chi connectivity index (χ0n) is 19.2. The number of hydrogen-bond acceptors (Lipinski definition) is 5. The molecular formula is C26H22F2N4O3. The van der Waals surface area contributed by atoms with Gasteiger partial charge in [-0.25, -0.2) is 13.6 Å². The van der Waals surface area contributed by atoms with Crippen LogP contribution in [-0.4, -0.2) is 37.1 Å². The van der Waals surface area contributed by atoms with Crippen LogP contribution in [0.3, 0.4) is 0 Å². The fourth-order valence-electron chi connectivity index (χ4n) is 4.30. The molecule has 2 atom stereocenters. The lowest BCUT2D eigenvalue weighted by atomic mass is 9.92. The second-order valence-corrected chi connectivity index (χ2v) is 8.34. The summed E-state index contributed by atoms with van der Waals surface area (Å²) in [5.74, 6) is -5.32. The summed E-state index contributed by atoms with van der Waals surface area (Å²) >= 11 is 0. The maximum atomic E-state index is 15.0. The van der Waals surface area contributed by atoms with Crippen molar-refractivity contribution in [2.75, 3.05) is 0 Å². The Balaban J connectivity index is 2.00. The van der Waals surface area contributed by atoms with E-state index in [2.05, 4.69) is 9.97 Å². The van der Waals surface area contributed by atoms with Gasteiger partial charge in [0.15, 0.2) is 11.6 Å². The van der Waals surface area contributed by atoms with E-state index in [1.807, 2.05) is 19.1 Å². The number of aromatic carboxylic acids is 1. The van der Waals surface area contributed by atoms with Crippen molar-refractivity contribution in [1.29, 1.82) is 5.41 Å². The molecule has 0 saturated carbocycles. The highest BCUT2D eigenvalue weighted by Gasteiger charge is 2.26. The number of benzene rings is 1. The maximum absolute atomic E-state index is 15.0. The summed E-state index contributed by atoms with van der Waals surface area (Å²) in [7, 11) is 0. The standard InChI is InChI=1S/C26H22F2N4O3/c1-13(29)22(15(3)33)16-10-21-25(31-11-16)19(12-32(21)14(2)20-6-4-5-9-30-20)17-7-8-18(26(34)35)24(28)23(17)27/h4-12,14,22,29H,1-3H3,(H,34,35)/t14-,22?/m0/s1. The SMILES string of the molecule is CC(=N)C(C(C)=O)c1cnc2c(-c3ccc(C(=O)O)c(F)c3F)cn([C@@H](C)c3ccccn3)c2c1. The molecule has 35 heavy (non-hydrogen) atoms. The molecule has 3 heterocycles. The molecule has 0 radical (unpaired) electrons. The van der Waals surface area contributed by atoms with Crippen molar-refractivity contribution >= 4 is 28.5 Å². The molecule has 4 aromatic rings. The van der Waals surface area contributed by atoms with Gasteiger partial charge in [-0.3, -0.25) is 14.8 Å². The summed E-state index contributed by atoms with van der Waals surface area (Å²) in [6, 6.07) is 9.04. The van der Waals surface area contributed by atoms with Gasteiger partial charge < -0.3 is 15.1 Å². The number of ketones is 1. The predicted octanol–water partition coefficient (Wildman–Crippen LogP) is 5.40. The van der Waals surface area contributed by atoms with Gasteiger partial charge in [0, 0.05) is 35.4 Å². The summed E-state index contributed by atoms with van der Waals surface area (Å²) < 4.78 is 31.3. The van der Waals surface area contributed by atoms with Crippen LogP contribution in [0.2, 0.25) is 0 Å². The van der Waals surface area contributed by atoms with Gasteiger partial charge in [-0.2, -0.15) is 0 Å². The highest BCUT2D eigenvalue weighted by molar-refractivity contribution is 6.07. The minimum Gasteiger partial charge on any atom is -0.478 e. The van der Waals surface area contributed by atoms with Crippen molar-refractivity contribution in [3.8, 4) is 11.1 Å². The van der Waals surface area contributed by atoms with E-state index in [0.717, 1.165) is 6.07 Å². The largest absolute Gasteiger partial charge is 0.478 e. The van der Waals surface area contributed by atoms with Crippen molar-refractivity contribution in [3.05, 3.63) is 83.4 Å². The Morgan fingerprint density at radius 2 is 1.80 bits per heavy atom. The van der Waals surface area contributed by atoms with E-state index >= 15 is 4.39 Å². The summed E-state index contributed by atoms with van der Waals surface area (Å²) in [5.41, 5.74) is 1.59. The number of carboxylic acid groups (broad SMARTS) is 1. The number of halogens is 2. The molecule has 0 aliphatic rings. The van der Waals surface area contributed by atoms with Gasteiger partial charge in [-0.05, 0) is 50.6 Å². The second-order valence-electron chi connectivity index (χ2n) is 8.34. The molecule has 0 saturated heterocycles. The third-order valence-electron chi connectivity index (χ3n) is 6.00. The van der Waals surface area contributed by atoms with Crippen LogP contribution in [0.25, 0.3) is 22.2 Å². The van der Waals surface area contributed by atoms with E-state index in [9.17, 15) is 14.0 Å². The number of carbonyl (C=O) groups excluding carboxylic acids is 1. The first-order valence-corrected chi connectivity index (χ1v) is 10.8. The Bertz CT molecular complexity index is 1470. The average Bonchev–Trinajstić information content (AvgIpc) is 3.19. The molecule has 0 amide bonds. The number of nitrogens with zero attached hydrogens (tertiary/aromatic N) is 3. The Morgan fingerprint density at radius 1 is 1.06 bits per heavy atom. The molecule has 9 heteroatoms. The molecule has 0 bridgehead atoms.